The number of nitrogens with zero attached hydrogens (tertiary/aromatic N) is 2. The smallest absolute Gasteiger partial charge is 0.222 e. The summed E-state index contributed by atoms with van der Waals surface area (Å²) in [5.41, 5.74) is 1.17. The first kappa shape index (κ1) is 20.1. The molecule has 1 aliphatic rings. The van der Waals surface area contributed by atoms with Gasteiger partial charge in [-0.15, -0.1) is 0 Å². The average Bonchev–Trinajstić information content (AvgIpc) is 2.82. The van der Waals surface area contributed by atoms with Crippen LogP contribution in [0.15, 0.2) is 66.7 Å². The highest BCUT2D eigenvalue weighted by Crippen LogP contribution is 2.25. The quantitative estimate of drug-likeness (QED) is 0.549. The molecule has 0 radical (unpaired) electrons. The van der Waals surface area contributed by atoms with Crippen molar-refractivity contribution in [2.45, 2.75) is 12.8 Å². The van der Waals surface area contributed by atoms with Crippen molar-refractivity contribution < 1.29 is 14.3 Å². The molecule has 0 bridgehead atoms. The van der Waals surface area contributed by atoms with Crippen LogP contribution in [0.3, 0.4) is 0 Å². The maximum Gasteiger partial charge on any atom is 0.222 e. The fourth-order valence-corrected chi connectivity index (χ4v) is 3.89. The molecule has 0 unspecified atom stereocenters. The van der Waals surface area contributed by atoms with Crippen LogP contribution in [0.1, 0.15) is 12.8 Å². The summed E-state index contributed by atoms with van der Waals surface area (Å²) in [4.78, 5) is 16.9. The lowest BCUT2D eigenvalue weighted by molar-refractivity contribution is -0.131. The number of carbonyl (C=O) groups is 1. The molecule has 4 rings (SSSR count). The van der Waals surface area contributed by atoms with Crippen LogP contribution >= 0.6 is 0 Å². The number of piperazine rings is 1. The van der Waals surface area contributed by atoms with Gasteiger partial charge in [-0.1, -0.05) is 36.4 Å². The number of fused-ring (bicyclic) bond motifs is 1. The topological polar surface area (TPSA) is 42.0 Å². The van der Waals surface area contributed by atoms with E-state index < -0.39 is 0 Å². The van der Waals surface area contributed by atoms with Crippen LogP contribution in [0.5, 0.6) is 11.5 Å². The van der Waals surface area contributed by atoms with Crippen LogP contribution in [0.25, 0.3) is 10.8 Å². The summed E-state index contributed by atoms with van der Waals surface area (Å²) in [7, 11) is 1.67. The summed E-state index contributed by atoms with van der Waals surface area (Å²) in [6.07, 6.45) is 1.24. The number of anilines is 1. The lowest BCUT2D eigenvalue weighted by Crippen LogP contribution is -2.48. The molecule has 1 amide bonds. The second-order valence-corrected chi connectivity index (χ2v) is 7.50. The third-order valence-corrected chi connectivity index (χ3v) is 5.61. The summed E-state index contributed by atoms with van der Waals surface area (Å²) < 4.78 is 11.2. The SMILES string of the molecule is COc1ccc(N2CCN(C(=O)CCCOc3cccc4ccccc34)CC2)cc1. The lowest BCUT2D eigenvalue weighted by Gasteiger charge is -2.36. The maximum absolute atomic E-state index is 12.6. The number of ether oxygens (including phenoxy) is 2. The molecule has 0 aliphatic carbocycles. The lowest BCUT2D eigenvalue weighted by atomic mass is 10.1. The monoisotopic (exact) mass is 404 g/mol. The summed E-state index contributed by atoms with van der Waals surface area (Å²) >= 11 is 0. The van der Waals surface area contributed by atoms with Crippen molar-refractivity contribution in [1.82, 2.24) is 4.90 Å². The predicted octanol–water partition coefficient (Wildman–Crippen LogP) is 4.36. The zero-order valence-corrected chi connectivity index (χ0v) is 17.4. The zero-order chi connectivity index (χ0) is 20.8. The van der Waals surface area contributed by atoms with E-state index in [4.69, 9.17) is 9.47 Å². The Labute approximate surface area is 177 Å². The zero-order valence-electron chi connectivity index (χ0n) is 17.4. The molecule has 0 atom stereocenters. The normalized spacial score (nSPS) is 14.0. The van der Waals surface area contributed by atoms with E-state index in [0.29, 0.717) is 13.0 Å². The van der Waals surface area contributed by atoms with Gasteiger partial charge in [-0.2, -0.15) is 0 Å². The minimum atomic E-state index is 0.214. The van der Waals surface area contributed by atoms with Crippen LogP contribution in [0, 0.1) is 0 Å². The highest BCUT2D eigenvalue weighted by Gasteiger charge is 2.21. The molecular weight excluding hydrogens is 376 g/mol. The number of rotatable bonds is 7. The Morgan fingerprint density at radius 1 is 0.900 bits per heavy atom. The summed E-state index contributed by atoms with van der Waals surface area (Å²) in [6.45, 7) is 3.77. The number of hydrogen-bond donors (Lipinski definition) is 0. The van der Waals surface area contributed by atoms with E-state index in [1.807, 2.05) is 41.3 Å². The van der Waals surface area contributed by atoms with E-state index in [-0.39, 0.29) is 5.91 Å². The Balaban J connectivity index is 1.21. The van der Waals surface area contributed by atoms with Gasteiger partial charge in [0.2, 0.25) is 5.91 Å². The molecule has 1 saturated heterocycles. The molecular formula is C25H28N2O3. The second-order valence-electron chi connectivity index (χ2n) is 7.50. The van der Waals surface area contributed by atoms with Crippen LogP contribution < -0.4 is 14.4 Å². The Kier molecular flexibility index (Phi) is 6.38. The van der Waals surface area contributed by atoms with Crippen molar-refractivity contribution in [2.24, 2.45) is 0 Å². The number of hydrogen-bond acceptors (Lipinski definition) is 4. The number of methoxy groups -OCH3 is 1. The molecule has 0 spiro atoms. The van der Waals surface area contributed by atoms with Gasteiger partial charge in [0.1, 0.15) is 11.5 Å². The van der Waals surface area contributed by atoms with Crippen molar-refractivity contribution in [3.05, 3.63) is 66.7 Å². The third kappa shape index (κ3) is 4.67. The second kappa shape index (κ2) is 9.53. The molecule has 0 aromatic heterocycles. The Morgan fingerprint density at radius 2 is 1.63 bits per heavy atom. The van der Waals surface area contributed by atoms with E-state index in [1.165, 1.54) is 11.1 Å². The van der Waals surface area contributed by atoms with E-state index in [1.54, 1.807) is 7.11 Å². The van der Waals surface area contributed by atoms with Gasteiger partial charge >= 0.3 is 0 Å². The molecule has 1 aliphatic heterocycles. The molecule has 30 heavy (non-hydrogen) atoms. The summed E-state index contributed by atoms with van der Waals surface area (Å²) in [5, 5.41) is 2.28. The number of carbonyl (C=O) groups excluding carboxylic acids is 1. The first-order valence-corrected chi connectivity index (χ1v) is 10.5. The van der Waals surface area contributed by atoms with E-state index >= 15 is 0 Å². The van der Waals surface area contributed by atoms with Crippen LogP contribution in [0.2, 0.25) is 0 Å². The average molecular weight is 405 g/mol. The summed E-state index contributed by atoms with van der Waals surface area (Å²) in [6, 6.07) is 22.4. The first-order valence-electron chi connectivity index (χ1n) is 10.5. The van der Waals surface area contributed by atoms with Crippen LogP contribution in [0.4, 0.5) is 5.69 Å². The van der Waals surface area contributed by atoms with E-state index in [2.05, 4.69) is 35.2 Å². The van der Waals surface area contributed by atoms with Crippen molar-refractivity contribution in [3.8, 4) is 11.5 Å². The van der Waals surface area contributed by atoms with Crippen LogP contribution in [-0.2, 0) is 4.79 Å². The molecule has 1 fully saturated rings. The summed E-state index contributed by atoms with van der Waals surface area (Å²) in [5.74, 6) is 1.96. The van der Waals surface area contributed by atoms with Crippen molar-refractivity contribution in [2.75, 3.05) is 44.8 Å². The standard InChI is InChI=1S/C25H28N2O3/c1-29-22-13-11-21(12-14-22)26-15-17-27(18-16-26)25(28)10-5-19-30-24-9-4-7-20-6-2-3-8-23(20)24/h2-4,6-9,11-14H,5,10,15-19H2,1H3. The molecule has 156 valence electrons. The molecule has 5 heteroatoms. The number of benzene rings is 3. The van der Waals surface area contributed by atoms with Gasteiger partial charge in [-0.3, -0.25) is 4.79 Å². The Bertz CT molecular complexity index is 974. The number of amides is 1. The van der Waals surface area contributed by atoms with Crippen LogP contribution in [-0.4, -0.2) is 50.7 Å². The fraction of sp³-hybridized carbons (Fsp3) is 0.320. The van der Waals surface area contributed by atoms with Crippen molar-refractivity contribution >= 4 is 22.4 Å². The molecule has 0 saturated carbocycles. The van der Waals surface area contributed by atoms with Gasteiger partial charge in [0.05, 0.1) is 13.7 Å². The van der Waals surface area contributed by atoms with Gasteiger partial charge in [-0.25, -0.2) is 0 Å². The minimum Gasteiger partial charge on any atom is -0.497 e. The van der Waals surface area contributed by atoms with Crippen molar-refractivity contribution in [1.29, 1.82) is 0 Å². The van der Waals surface area contributed by atoms with Gasteiger partial charge in [0, 0.05) is 43.7 Å². The first-order chi connectivity index (χ1) is 14.7. The molecule has 5 nitrogen and oxygen atoms in total. The molecule has 3 aromatic rings. The van der Waals surface area contributed by atoms with Gasteiger partial charge < -0.3 is 19.3 Å². The molecule has 0 N–H and O–H groups in total. The minimum absolute atomic E-state index is 0.214. The highest BCUT2D eigenvalue weighted by atomic mass is 16.5. The van der Waals surface area contributed by atoms with E-state index in [9.17, 15) is 4.79 Å². The Morgan fingerprint density at radius 3 is 2.40 bits per heavy atom. The molecule has 1 heterocycles. The molecule has 3 aromatic carbocycles. The largest absolute Gasteiger partial charge is 0.497 e. The van der Waals surface area contributed by atoms with E-state index in [0.717, 1.165) is 49.5 Å². The fourth-order valence-electron chi connectivity index (χ4n) is 3.89. The van der Waals surface area contributed by atoms with Gasteiger partial charge in [-0.05, 0) is 42.1 Å². The highest BCUT2D eigenvalue weighted by molar-refractivity contribution is 5.88. The third-order valence-electron chi connectivity index (χ3n) is 5.61. The van der Waals surface area contributed by atoms with Crippen molar-refractivity contribution in [3.63, 3.8) is 0 Å². The van der Waals surface area contributed by atoms with Gasteiger partial charge in [0.25, 0.3) is 0 Å². The van der Waals surface area contributed by atoms with Gasteiger partial charge in [0.15, 0.2) is 0 Å². The maximum atomic E-state index is 12.6. The predicted molar refractivity (Wildman–Crippen MR) is 120 cm³/mol. The Hall–Kier alpha value is -3.21.